The number of aliphatic carboxylic acids is 2. The van der Waals surface area contributed by atoms with Crippen LogP contribution in [-0.2, 0) is 9.59 Å². The standard InChI is InChI=1S/C14H11N7O.2C2HF3O2/c15-13-18-4-1-7(20-13)10-8-2-5-19-14(16)21(8)12-11(10)9(22)3-6-17-12;2*3-2(4,5)1(6)7/h1-6H,(H2,16,19)(H,17,22)(H2,15,18,20);2*(H,6,7). The first-order valence-electron chi connectivity index (χ1n) is 9.08. The van der Waals surface area contributed by atoms with Gasteiger partial charge in [-0.1, -0.05) is 4.98 Å². The van der Waals surface area contributed by atoms with E-state index in [9.17, 15) is 31.1 Å². The van der Waals surface area contributed by atoms with Crippen molar-refractivity contribution < 1.29 is 56.1 Å². The smallest absolute Gasteiger partial charge is 0.430 e. The highest BCUT2D eigenvalue weighted by Gasteiger charge is 2.29. The molecule has 0 radical (unpaired) electrons. The lowest BCUT2D eigenvalue weighted by Gasteiger charge is -2.03. The van der Waals surface area contributed by atoms with Crippen molar-refractivity contribution in [3.05, 3.63) is 47.0 Å². The molecule has 0 aliphatic rings. The number of halogens is 6. The summed E-state index contributed by atoms with van der Waals surface area (Å²) in [7, 11) is 0. The van der Waals surface area contributed by atoms with E-state index in [1.807, 2.05) is 6.07 Å². The molecule has 7 N–H and O–H groups in total. The Hall–Kier alpha value is -4.90. The first-order chi connectivity index (χ1) is 16.6. The normalized spacial score (nSPS) is 11.3. The summed E-state index contributed by atoms with van der Waals surface area (Å²) < 4.78 is 64.8. The zero-order valence-electron chi connectivity index (χ0n) is 17.3. The number of pyridine rings is 1. The van der Waals surface area contributed by atoms with Crippen LogP contribution in [0.2, 0.25) is 0 Å². The molecule has 12 nitrogen and oxygen atoms in total. The number of aromatic amines is 3. The molecule has 0 amide bonds. The minimum absolute atomic E-state index is 0.111. The number of hydrogen-bond donors (Lipinski definition) is 3. The molecule has 4 heterocycles. The molecular formula is C18H13F6N7O5. The summed E-state index contributed by atoms with van der Waals surface area (Å²) in [6, 6.07) is 5.08. The third-order valence-electron chi connectivity index (χ3n) is 4.05. The Morgan fingerprint density at radius 3 is 1.97 bits per heavy atom. The van der Waals surface area contributed by atoms with E-state index >= 15 is 0 Å². The Bertz CT molecular complexity index is 1460. The number of carboxylic acids is 2. The van der Waals surface area contributed by atoms with Gasteiger partial charge in [0.05, 0.1) is 23.3 Å². The second kappa shape index (κ2) is 10.2. The Morgan fingerprint density at radius 1 is 0.944 bits per heavy atom. The largest absolute Gasteiger partial charge is 0.542 e. The number of rotatable bonds is 1. The number of carboxylic acid groups (broad SMARTS) is 2. The lowest BCUT2D eigenvalue weighted by Crippen LogP contribution is -2.37. The van der Waals surface area contributed by atoms with Gasteiger partial charge in [-0.05, 0) is 0 Å². The van der Waals surface area contributed by atoms with Gasteiger partial charge >= 0.3 is 24.2 Å². The van der Waals surface area contributed by atoms with Crippen LogP contribution < -0.4 is 37.1 Å². The molecule has 4 aromatic rings. The predicted octanol–water partition coefficient (Wildman–Crippen LogP) is -1.77. The zero-order chi connectivity index (χ0) is 27.4. The lowest BCUT2D eigenvalue weighted by atomic mass is 10.1. The van der Waals surface area contributed by atoms with Gasteiger partial charge in [0, 0.05) is 24.4 Å². The van der Waals surface area contributed by atoms with Crippen molar-refractivity contribution in [1.29, 1.82) is 0 Å². The van der Waals surface area contributed by atoms with E-state index in [0.717, 1.165) is 5.52 Å². The molecule has 0 saturated carbocycles. The second-order valence-corrected chi connectivity index (χ2v) is 6.45. The number of anilines is 2. The number of H-pyrrole nitrogens is 3. The molecule has 18 heteroatoms. The number of nitrogen functional groups attached to an aromatic ring is 2. The van der Waals surface area contributed by atoms with E-state index < -0.39 is 24.3 Å². The van der Waals surface area contributed by atoms with Crippen LogP contribution in [0.15, 0.2) is 41.6 Å². The zero-order valence-corrected chi connectivity index (χ0v) is 17.3. The number of carbonyl (C=O) groups excluding carboxylic acids is 2. The van der Waals surface area contributed by atoms with Crippen molar-refractivity contribution in [2.45, 2.75) is 12.4 Å². The Labute approximate surface area is 193 Å². The van der Waals surface area contributed by atoms with Crippen molar-refractivity contribution >= 4 is 40.4 Å². The summed E-state index contributed by atoms with van der Waals surface area (Å²) in [5.74, 6) is -5.33. The van der Waals surface area contributed by atoms with Gasteiger partial charge in [0.15, 0.2) is 16.8 Å². The Morgan fingerprint density at radius 2 is 1.47 bits per heavy atom. The van der Waals surface area contributed by atoms with E-state index in [-0.39, 0.29) is 11.4 Å². The number of nitrogens with one attached hydrogen (secondary N) is 3. The second-order valence-electron chi connectivity index (χ2n) is 6.45. The quantitative estimate of drug-likeness (QED) is 0.243. The van der Waals surface area contributed by atoms with Crippen LogP contribution in [0.25, 0.3) is 27.8 Å². The Balaban J connectivity index is 0.000000271. The van der Waals surface area contributed by atoms with Crippen LogP contribution in [0.5, 0.6) is 0 Å². The topological polar surface area (TPSA) is 211 Å². The number of carbonyl (C=O) groups is 2. The van der Waals surface area contributed by atoms with Gasteiger partial charge < -0.3 is 24.8 Å². The molecule has 0 saturated heterocycles. The third-order valence-corrected chi connectivity index (χ3v) is 4.05. The maximum atomic E-state index is 12.4. The van der Waals surface area contributed by atoms with Gasteiger partial charge in [-0.15, -0.1) is 0 Å². The van der Waals surface area contributed by atoms with Gasteiger partial charge in [-0.3, -0.25) is 21.2 Å². The van der Waals surface area contributed by atoms with Crippen LogP contribution in [0.4, 0.5) is 38.2 Å². The summed E-state index contributed by atoms with van der Waals surface area (Å²) in [6.45, 7) is 0. The maximum absolute atomic E-state index is 12.4. The van der Waals surface area contributed by atoms with Crippen LogP contribution in [0.3, 0.4) is 0 Å². The monoisotopic (exact) mass is 521 g/mol. The molecule has 0 spiro atoms. The highest BCUT2D eigenvalue weighted by molar-refractivity contribution is 6.03. The van der Waals surface area contributed by atoms with Crippen LogP contribution in [-0.4, -0.2) is 38.7 Å². The first-order valence-corrected chi connectivity index (χ1v) is 9.08. The molecule has 0 unspecified atom stereocenters. The van der Waals surface area contributed by atoms with Crippen molar-refractivity contribution in [3.63, 3.8) is 0 Å². The number of hydrogen-bond acceptors (Lipinski definition) is 8. The molecule has 192 valence electrons. The van der Waals surface area contributed by atoms with E-state index in [0.29, 0.717) is 28.2 Å². The highest BCUT2D eigenvalue weighted by atomic mass is 19.4. The maximum Gasteiger partial charge on any atom is 0.430 e. The third kappa shape index (κ3) is 6.15. The van der Waals surface area contributed by atoms with Gasteiger partial charge in [0.1, 0.15) is 17.5 Å². The summed E-state index contributed by atoms with van der Waals surface area (Å²) in [5, 5.41) is 18.1. The fourth-order valence-electron chi connectivity index (χ4n) is 2.73. The number of fused-ring (bicyclic) bond motifs is 3. The van der Waals surface area contributed by atoms with Gasteiger partial charge in [0.2, 0.25) is 0 Å². The average Bonchev–Trinajstić information content (AvgIpc) is 3.10. The molecule has 0 atom stereocenters. The summed E-state index contributed by atoms with van der Waals surface area (Å²) in [6.07, 6.45) is -5.40. The number of alkyl halides is 6. The molecule has 0 bridgehead atoms. The number of nitrogens with two attached hydrogens (primary N) is 2. The highest BCUT2D eigenvalue weighted by Crippen LogP contribution is 2.31. The fraction of sp³-hybridized carbons (Fsp3) is 0.111. The summed E-state index contributed by atoms with van der Waals surface area (Å²) in [4.78, 5) is 43.1. The van der Waals surface area contributed by atoms with Crippen LogP contribution in [0, 0.1) is 0 Å². The van der Waals surface area contributed by atoms with Crippen molar-refractivity contribution in [2.75, 3.05) is 11.5 Å². The molecule has 0 aromatic carbocycles. The van der Waals surface area contributed by atoms with Gasteiger partial charge in [-0.25, -0.2) is 4.98 Å². The SMILES string of the molecule is Nc1nc(-c2c3c(=O)cc[nH]c3n3c(N)[nH+]ccc23)cc[nH+]1.O=C([O-])C(F)(F)F.O=C([O-])C(F)(F)F. The minimum atomic E-state index is -5.19. The van der Waals surface area contributed by atoms with Gasteiger partial charge in [-0.2, -0.15) is 30.7 Å². The summed E-state index contributed by atoms with van der Waals surface area (Å²) in [5.41, 5.74) is 14.3. The average molecular weight is 521 g/mol. The molecule has 36 heavy (non-hydrogen) atoms. The minimum Gasteiger partial charge on any atom is -0.542 e. The van der Waals surface area contributed by atoms with Crippen molar-refractivity contribution in [1.82, 2.24) is 14.4 Å². The lowest BCUT2D eigenvalue weighted by molar-refractivity contribution is -0.364. The molecular weight excluding hydrogens is 508 g/mol. The number of nitrogens with zero attached hydrogens (tertiary/aromatic N) is 2. The molecule has 4 aromatic heterocycles. The molecule has 0 aliphatic heterocycles. The predicted molar refractivity (Wildman–Crippen MR) is 103 cm³/mol. The molecule has 4 rings (SSSR count). The van der Waals surface area contributed by atoms with Crippen molar-refractivity contribution in [3.8, 4) is 11.3 Å². The Kier molecular flexibility index (Phi) is 7.71. The van der Waals surface area contributed by atoms with Crippen LogP contribution in [0.1, 0.15) is 0 Å². The fourth-order valence-corrected chi connectivity index (χ4v) is 2.73. The van der Waals surface area contributed by atoms with Crippen molar-refractivity contribution in [2.24, 2.45) is 0 Å². The van der Waals surface area contributed by atoms with E-state index in [1.54, 1.807) is 29.1 Å². The molecule has 0 fully saturated rings. The van der Waals surface area contributed by atoms with Gasteiger partial charge in [0.25, 0.3) is 0 Å². The van der Waals surface area contributed by atoms with E-state index in [4.69, 9.17) is 31.3 Å². The van der Waals surface area contributed by atoms with E-state index in [2.05, 4.69) is 19.9 Å². The number of aromatic nitrogens is 5. The molecule has 0 aliphatic carbocycles. The summed E-state index contributed by atoms with van der Waals surface area (Å²) >= 11 is 0. The van der Waals surface area contributed by atoms with Crippen LogP contribution >= 0.6 is 0 Å². The first kappa shape index (κ1) is 27.3. The van der Waals surface area contributed by atoms with E-state index in [1.165, 1.54) is 6.07 Å².